The van der Waals surface area contributed by atoms with Crippen molar-refractivity contribution in [3.8, 4) is 34.1 Å². The van der Waals surface area contributed by atoms with Crippen LogP contribution in [0.25, 0.3) is 44.4 Å². The number of nitrogens with zero attached hydrogens (tertiary/aromatic N) is 4. The van der Waals surface area contributed by atoms with Crippen LogP contribution in [0.5, 0.6) is 11.5 Å². The zero-order valence-electron chi connectivity index (χ0n) is 31.3. The molecule has 7 rings (SSSR count). The minimum Gasteiger partial charge on any atom is -0.509 e. The van der Waals surface area contributed by atoms with Crippen LogP contribution in [0.4, 0.5) is 0 Å². The summed E-state index contributed by atoms with van der Waals surface area (Å²) in [5.74, 6) is 2.12. The molecule has 268 valence electrons. The Morgan fingerprint density at radius 1 is 0.712 bits per heavy atom. The van der Waals surface area contributed by atoms with Gasteiger partial charge < -0.3 is 9.30 Å². The van der Waals surface area contributed by atoms with Gasteiger partial charge in [-0.15, -0.1) is 35.7 Å². The molecule has 3 heterocycles. The minimum absolute atomic E-state index is 0. The van der Waals surface area contributed by atoms with E-state index in [9.17, 15) is 0 Å². The molecule has 0 amide bonds. The fourth-order valence-corrected chi connectivity index (χ4v) is 7.31. The molecule has 0 spiro atoms. The molecule has 0 aliphatic carbocycles. The molecule has 0 saturated heterocycles. The Morgan fingerprint density at radius 2 is 1.48 bits per heavy atom. The zero-order valence-corrected chi connectivity index (χ0v) is 33.5. The Kier molecular flexibility index (Phi) is 11.8. The molecular weight excluding hydrogens is 820 g/mol. The first-order valence-electron chi connectivity index (χ1n) is 18.6. The second-order valence-corrected chi connectivity index (χ2v) is 14.0. The van der Waals surface area contributed by atoms with Crippen molar-refractivity contribution in [1.82, 2.24) is 19.3 Å². The molecule has 0 fully saturated rings. The number of rotatable bonds is 13. The number of aryl methyl sites for hydroxylation is 4. The van der Waals surface area contributed by atoms with E-state index in [0.717, 1.165) is 70.3 Å². The third-order valence-corrected chi connectivity index (χ3v) is 10.2. The standard InChI is InChI=1S/C46H48N4O.Pt/c1-7-9-10-11-12-21-43-46(35-27-32(4)34(6)33(5)28-35)41(16-8-2)48-50(43)36-17-15-18-37(29-36)51-38-22-23-40-39-19-13-14-20-42(39)49(44(40)30-38)45-26-31(3)24-25-47-45;/h13-15,17-20,22-28H,7-12,16,21H2,1-6H3;/q-2;+2. The van der Waals surface area contributed by atoms with Crippen LogP contribution in [0, 0.1) is 39.8 Å². The second-order valence-electron chi connectivity index (χ2n) is 14.0. The largest absolute Gasteiger partial charge is 2.00 e. The van der Waals surface area contributed by atoms with Gasteiger partial charge in [-0.2, -0.15) is 17.2 Å². The van der Waals surface area contributed by atoms with Crippen molar-refractivity contribution >= 4 is 21.8 Å². The van der Waals surface area contributed by atoms with Gasteiger partial charge in [-0.05, 0) is 104 Å². The van der Waals surface area contributed by atoms with Crippen molar-refractivity contribution in [1.29, 1.82) is 0 Å². The number of pyridine rings is 1. The van der Waals surface area contributed by atoms with E-state index < -0.39 is 0 Å². The summed E-state index contributed by atoms with van der Waals surface area (Å²) in [5.41, 5.74) is 13.0. The van der Waals surface area contributed by atoms with E-state index in [0.29, 0.717) is 11.5 Å². The van der Waals surface area contributed by atoms with E-state index in [1.165, 1.54) is 59.2 Å². The fraction of sp³-hybridized carbons (Fsp3) is 0.304. The first-order chi connectivity index (χ1) is 24.9. The summed E-state index contributed by atoms with van der Waals surface area (Å²) in [5, 5.41) is 7.59. The van der Waals surface area contributed by atoms with E-state index in [1.807, 2.05) is 30.5 Å². The van der Waals surface area contributed by atoms with Crippen LogP contribution < -0.4 is 4.74 Å². The van der Waals surface area contributed by atoms with Crippen molar-refractivity contribution in [2.45, 2.75) is 92.9 Å². The SMILES string of the molecule is CCCCCCCc1c(-c2cc(C)c(C)c(C)c2)c(CCC)nn1-c1[c-]c(Oc2[c-]c3c(cc2)c2ccccc2n3-c2cc(C)ccn2)ccc1.[Pt+2]. The maximum absolute atomic E-state index is 6.55. The molecule has 6 heteroatoms. The number of unbranched alkanes of at least 4 members (excludes halogenated alkanes) is 4. The van der Waals surface area contributed by atoms with Crippen molar-refractivity contribution in [2.24, 2.45) is 0 Å². The number of para-hydroxylation sites is 1. The van der Waals surface area contributed by atoms with Gasteiger partial charge in [0.05, 0.1) is 5.69 Å². The number of benzene rings is 4. The van der Waals surface area contributed by atoms with E-state index >= 15 is 0 Å². The molecular formula is C46H48N4OPt. The quantitative estimate of drug-likeness (QED) is 0.0857. The van der Waals surface area contributed by atoms with Crippen LogP contribution in [0.2, 0.25) is 0 Å². The second kappa shape index (κ2) is 16.5. The van der Waals surface area contributed by atoms with Gasteiger partial charge in [0, 0.05) is 34.5 Å². The molecule has 4 aromatic carbocycles. The first-order valence-corrected chi connectivity index (χ1v) is 18.6. The molecule has 5 nitrogen and oxygen atoms in total. The predicted molar refractivity (Wildman–Crippen MR) is 211 cm³/mol. The number of fused-ring (bicyclic) bond motifs is 3. The average molecular weight is 868 g/mol. The molecule has 0 aliphatic rings. The minimum atomic E-state index is 0. The van der Waals surface area contributed by atoms with E-state index in [2.05, 4.69) is 118 Å². The summed E-state index contributed by atoms with van der Waals surface area (Å²) < 4.78 is 10.9. The molecule has 0 radical (unpaired) electrons. The van der Waals surface area contributed by atoms with Crippen molar-refractivity contribution in [3.63, 3.8) is 0 Å². The Labute approximate surface area is 323 Å². The maximum atomic E-state index is 6.55. The van der Waals surface area contributed by atoms with Gasteiger partial charge in [0.25, 0.3) is 0 Å². The van der Waals surface area contributed by atoms with Crippen LogP contribution in [0.15, 0.2) is 85.1 Å². The molecule has 0 aliphatic heterocycles. The molecule has 0 bridgehead atoms. The Hall–Kier alpha value is -4.47. The van der Waals surface area contributed by atoms with Crippen LogP contribution >= 0.6 is 0 Å². The number of aromatic nitrogens is 4. The van der Waals surface area contributed by atoms with Crippen LogP contribution in [-0.4, -0.2) is 19.3 Å². The summed E-state index contributed by atoms with van der Waals surface area (Å²) >= 11 is 0. The van der Waals surface area contributed by atoms with Crippen molar-refractivity contribution in [3.05, 3.63) is 131 Å². The summed E-state index contributed by atoms with van der Waals surface area (Å²) in [7, 11) is 0. The van der Waals surface area contributed by atoms with Gasteiger partial charge in [0.2, 0.25) is 0 Å². The Morgan fingerprint density at radius 3 is 2.25 bits per heavy atom. The third-order valence-electron chi connectivity index (χ3n) is 10.2. The van der Waals surface area contributed by atoms with Gasteiger partial charge >= 0.3 is 21.1 Å². The van der Waals surface area contributed by atoms with E-state index in [4.69, 9.17) is 14.8 Å². The van der Waals surface area contributed by atoms with Crippen molar-refractivity contribution < 1.29 is 25.8 Å². The first kappa shape index (κ1) is 37.3. The molecule has 7 aromatic rings. The third kappa shape index (κ3) is 7.52. The molecule has 0 atom stereocenters. The van der Waals surface area contributed by atoms with Gasteiger partial charge in [-0.3, -0.25) is 4.68 Å². The Bertz CT molecular complexity index is 2310. The topological polar surface area (TPSA) is 44.9 Å². The number of hydrogen-bond acceptors (Lipinski definition) is 3. The molecule has 0 saturated carbocycles. The fourth-order valence-electron chi connectivity index (χ4n) is 7.31. The van der Waals surface area contributed by atoms with Crippen LogP contribution in [0.3, 0.4) is 0 Å². The van der Waals surface area contributed by atoms with Crippen LogP contribution in [-0.2, 0) is 33.9 Å². The summed E-state index contributed by atoms with van der Waals surface area (Å²) in [6, 6.07) is 34.7. The number of ether oxygens (including phenoxy) is 1. The molecule has 0 N–H and O–H groups in total. The van der Waals surface area contributed by atoms with Gasteiger partial charge in [-0.25, -0.2) is 4.98 Å². The summed E-state index contributed by atoms with van der Waals surface area (Å²) in [4.78, 5) is 4.73. The molecule has 52 heavy (non-hydrogen) atoms. The normalized spacial score (nSPS) is 11.3. The van der Waals surface area contributed by atoms with E-state index in [1.54, 1.807) is 0 Å². The van der Waals surface area contributed by atoms with E-state index in [-0.39, 0.29) is 21.1 Å². The predicted octanol–water partition coefficient (Wildman–Crippen LogP) is 12.1. The summed E-state index contributed by atoms with van der Waals surface area (Å²) in [6.45, 7) is 13.3. The van der Waals surface area contributed by atoms with Crippen molar-refractivity contribution in [2.75, 3.05) is 0 Å². The Balaban J connectivity index is 0.00000464. The maximum Gasteiger partial charge on any atom is 2.00 e. The van der Waals surface area contributed by atoms with Gasteiger partial charge in [0.1, 0.15) is 5.82 Å². The zero-order chi connectivity index (χ0) is 35.5. The van der Waals surface area contributed by atoms with Gasteiger partial charge in [0.15, 0.2) is 0 Å². The molecule has 0 unspecified atom stereocenters. The number of hydrogen-bond donors (Lipinski definition) is 0. The average Bonchev–Trinajstić information content (AvgIpc) is 3.65. The van der Waals surface area contributed by atoms with Crippen LogP contribution in [0.1, 0.15) is 86.0 Å². The van der Waals surface area contributed by atoms with Gasteiger partial charge in [-0.1, -0.05) is 81.8 Å². The molecule has 3 aromatic heterocycles. The smallest absolute Gasteiger partial charge is 0.509 e. The summed E-state index contributed by atoms with van der Waals surface area (Å²) in [6.07, 6.45) is 10.9. The monoisotopic (exact) mass is 867 g/mol.